The van der Waals surface area contributed by atoms with E-state index in [1.165, 1.54) is 106 Å². The fraction of sp³-hybridized carbons (Fsp3) is 0.440. The maximum Gasteiger partial charge on any atom is -0.171 e. The summed E-state index contributed by atoms with van der Waals surface area (Å²) in [6, 6.07) is 22.3. The first-order valence-corrected chi connectivity index (χ1v) is 20.8. The van der Waals surface area contributed by atoms with Gasteiger partial charge in [-0.25, -0.2) is 11.6 Å². The summed E-state index contributed by atoms with van der Waals surface area (Å²) in [6.07, 6.45) is 23.1. The molecule has 53 heavy (non-hydrogen) atoms. The van der Waals surface area contributed by atoms with E-state index >= 15 is 0 Å². The van der Waals surface area contributed by atoms with Crippen LogP contribution in [-0.4, -0.2) is 4.21 Å². The minimum atomic E-state index is 0. The number of hydrogen-bond donors (Lipinski definition) is 0. The van der Waals surface area contributed by atoms with Gasteiger partial charge >= 0.3 is 28.4 Å². The fourth-order valence-electron chi connectivity index (χ4n) is 11.2. The molecule has 4 bridgehead atoms. The van der Waals surface area contributed by atoms with Crippen molar-refractivity contribution in [2.24, 2.45) is 35.0 Å². The van der Waals surface area contributed by atoms with Gasteiger partial charge in [-0.3, -0.25) is 12.2 Å². The molecule has 0 N–H and O–H groups in total. The van der Waals surface area contributed by atoms with E-state index in [1.807, 2.05) is 30.3 Å². The summed E-state index contributed by atoms with van der Waals surface area (Å²) < 4.78 is 3.34. The summed E-state index contributed by atoms with van der Waals surface area (Å²) in [4.78, 5) is 0. The van der Waals surface area contributed by atoms with Crippen LogP contribution in [0.1, 0.15) is 121 Å². The standard InChI is InChI=1S/C25H25.C17H23.C6H5.CH3.CH2.2ClH.Zr/c1-14-12-24(3,4)22-8-16-7-17-9-23-19(15(2)13-25(23,5)6)11-21(17)20(16)10-18(14)22;1-11-3-4-14(5-11)17(2)15-7-12-6-13(9-15)10-16(17)8-12;1-2-4-6-5-3-1;;;;;/h8-12H,7H2,1-6H3;4-5,11-13,15-16H,6-10H2,1-2H3;1-5H;1H3;1H2;2*1H;/q4*-1;;;;. The quantitative estimate of drug-likeness (QED) is 0.168. The Kier molecular flexibility index (Phi) is 13.7. The third-order valence-corrected chi connectivity index (χ3v) is 13.4. The molecular weight excluding hydrogens is 763 g/mol. The molecular formula is C50H60Cl2Zr-4. The zero-order valence-electron chi connectivity index (χ0n) is 33.6. The van der Waals surface area contributed by atoms with Crippen molar-refractivity contribution in [3.8, 4) is 11.1 Å². The zero-order chi connectivity index (χ0) is 35.6. The van der Waals surface area contributed by atoms with Crippen molar-refractivity contribution in [1.29, 1.82) is 0 Å². The summed E-state index contributed by atoms with van der Waals surface area (Å²) >= 11 is 1.30. The largest absolute Gasteiger partial charge is 0.358 e. The Morgan fingerprint density at radius 1 is 0.717 bits per heavy atom. The van der Waals surface area contributed by atoms with Gasteiger partial charge in [0.25, 0.3) is 0 Å². The second-order valence-corrected chi connectivity index (χ2v) is 17.6. The predicted molar refractivity (Wildman–Crippen MR) is 230 cm³/mol. The van der Waals surface area contributed by atoms with E-state index in [2.05, 4.69) is 120 Å². The molecule has 4 saturated carbocycles. The van der Waals surface area contributed by atoms with Crippen molar-refractivity contribution in [3.63, 3.8) is 0 Å². The van der Waals surface area contributed by atoms with E-state index in [4.69, 9.17) is 0 Å². The van der Waals surface area contributed by atoms with Crippen LogP contribution in [0.2, 0.25) is 0 Å². The molecule has 0 aromatic heterocycles. The van der Waals surface area contributed by atoms with Crippen molar-refractivity contribution >= 4 is 40.2 Å². The molecule has 0 nitrogen and oxygen atoms in total. The number of rotatable bonds is 1. The first-order valence-electron chi connectivity index (χ1n) is 19.1. The minimum absolute atomic E-state index is 0. The van der Waals surface area contributed by atoms with Crippen LogP contribution in [0.15, 0.2) is 78.4 Å². The van der Waals surface area contributed by atoms with Crippen LogP contribution in [0.4, 0.5) is 0 Å². The van der Waals surface area contributed by atoms with E-state index in [0.717, 1.165) is 30.1 Å². The van der Waals surface area contributed by atoms with Crippen molar-refractivity contribution in [2.75, 3.05) is 0 Å². The molecule has 0 aliphatic heterocycles. The number of allylic oxidation sites excluding steroid dienone is 8. The predicted octanol–water partition coefficient (Wildman–Crippen LogP) is 13.6. The summed E-state index contributed by atoms with van der Waals surface area (Å²) in [5.74, 6) is 4.68. The van der Waals surface area contributed by atoms with Gasteiger partial charge in [-0.1, -0.05) is 83.4 Å². The molecule has 0 amide bonds. The van der Waals surface area contributed by atoms with Gasteiger partial charge in [0.15, 0.2) is 0 Å². The van der Waals surface area contributed by atoms with E-state index in [1.54, 1.807) is 12.0 Å². The van der Waals surface area contributed by atoms with Crippen molar-refractivity contribution in [2.45, 2.75) is 105 Å². The van der Waals surface area contributed by atoms with Gasteiger partial charge in [-0.05, 0) is 114 Å². The molecule has 0 heterocycles. The van der Waals surface area contributed by atoms with Crippen LogP contribution >= 0.6 is 24.8 Å². The molecule has 3 heteroatoms. The molecule has 1 atom stereocenters. The topological polar surface area (TPSA) is 0 Å². The summed E-state index contributed by atoms with van der Waals surface area (Å²) in [5, 5.41) is 0. The molecule has 0 radical (unpaired) electrons. The maximum atomic E-state index is 3.65. The third-order valence-electron chi connectivity index (χ3n) is 13.4. The van der Waals surface area contributed by atoms with Crippen LogP contribution in [0, 0.1) is 60.6 Å². The van der Waals surface area contributed by atoms with E-state index in [-0.39, 0.29) is 43.1 Å². The Labute approximate surface area is 350 Å². The van der Waals surface area contributed by atoms with Gasteiger partial charge < -0.3 is 7.43 Å². The summed E-state index contributed by atoms with van der Waals surface area (Å²) in [7, 11) is 0. The van der Waals surface area contributed by atoms with Gasteiger partial charge in [0.2, 0.25) is 0 Å². The normalized spacial score (nSPS) is 28.4. The average Bonchev–Trinajstić information content (AvgIpc) is 3.81. The Hall–Kier alpha value is -2.05. The molecule has 8 aliphatic rings. The Balaban J connectivity index is 0.000000195. The van der Waals surface area contributed by atoms with Gasteiger partial charge in [-0.15, -0.1) is 36.4 Å². The number of fused-ring (bicyclic) bond motifs is 5. The van der Waals surface area contributed by atoms with E-state index in [0.29, 0.717) is 11.3 Å². The molecule has 0 spiro atoms. The van der Waals surface area contributed by atoms with Crippen LogP contribution in [0.5, 0.6) is 0 Å². The van der Waals surface area contributed by atoms with Crippen molar-refractivity contribution in [1.82, 2.24) is 0 Å². The SMILES string of the molecule is CC1=[C-]C(C)(C)c2cc3c(cc21)-c1cc2c(cc1C3)C(C)(C)C=C2C.CC1[C-]=CC(C2(C)C3CC4CC(C3)CC2C4)=C1.Cl.Cl.[CH2]=[Zr].[CH3-].[c-]1ccccc1. The third kappa shape index (κ3) is 7.85. The Morgan fingerprint density at radius 2 is 1.26 bits per heavy atom. The number of halogens is 2. The first-order chi connectivity index (χ1) is 23.8. The molecule has 4 fully saturated rings. The monoisotopic (exact) mass is 820 g/mol. The molecule has 8 aliphatic carbocycles. The second kappa shape index (κ2) is 16.6. The van der Waals surface area contributed by atoms with Crippen LogP contribution in [-0.2, 0) is 41.5 Å². The van der Waals surface area contributed by atoms with Crippen molar-refractivity contribution < 1.29 is 24.2 Å². The van der Waals surface area contributed by atoms with Crippen molar-refractivity contribution in [3.05, 3.63) is 137 Å². The van der Waals surface area contributed by atoms with Crippen LogP contribution in [0.25, 0.3) is 22.3 Å². The van der Waals surface area contributed by atoms with Gasteiger partial charge in [0.05, 0.1) is 0 Å². The molecule has 0 saturated heterocycles. The Bertz CT molecular complexity index is 1780. The molecule has 3 aromatic rings. The van der Waals surface area contributed by atoms with E-state index < -0.39 is 0 Å². The summed E-state index contributed by atoms with van der Waals surface area (Å²) in [5.41, 5.74) is 16.7. The summed E-state index contributed by atoms with van der Waals surface area (Å²) in [6.45, 7) is 18.5. The smallest absolute Gasteiger partial charge is 0.171 e. The van der Waals surface area contributed by atoms with E-state index in [9.17, 15) is 0 Å². The number of benzene rings is 3. The maximum absolute atomic E-state index is 3.65. The molecule has 1 unspecified atom stereocenters. The zero-order valence-corrected chi connectivity index (χ0v) is 37.7. The minimum Gasteiger partial charge on any atom is -0.358 e. The Morgan fingerprint density at radius 3 is 1.75 bits per heavy atom. The molecule has 11 rings (SSSR count). The average molecular weight is 823 g/mol. The van der Waals surface area contributed by atoms with Gasteiger partial charge in [0, 0.05) is 5.41 Å². The van der Waals surface area contributed by atoms with Gasteiger partial charge in [-0.2, -0.15) is 53.6 Å². The number of hydrogen-bond acceptors (Lipinski definition) is 0. The van der Waals surface area contributed by atoms with Crippen LogP contribution in [0.3, 0.4) is 0 Å². The van der Waals surface area contributed by atoms with Gasteiger partial charge in [0.1, 0.15) is 0 Å². The van der Waals surface area contributed by atoms with Crippen LogP contribution < -0.4 is 0 Å². The molecule has 3 aromatic carbocycles. The molecule has 282 valence electrons. The fourth-order valence-corrected chi connectivity index (χ4v) is 11.2. The second-order valence-electron chi connectivity index (χ2n) is 17.6. The first kappa shape index (κ1) is 43.7.